The van der Waals surface area contributed by atoms with Crippen molar-refractivity contribution >= 4 is 27.3 Å². The van der Waals surface area contributed by atoms with E-state index in [2.05, 4.69) is 9.71 Å². The molecule has 1 heterocycles. The normalized spacial score (nSPS) is 11.2. The highest BCUT2D eigenvalue weighted by Gasteiger charge is 2.19. The van der Waals surface area contributed by atoms with E-state index in [-0.39, 0.29) is 21.2 Å². The molecule has 0 saturated carbocycles. The molecule has 0 unspecified atom stereocenters. The molecule has 0 saturated heterocycles. The van der Waals surface area contributed by atoms with Crippen molar-refractivity contribution in [2.24, 2.45) is 0 Å². The average Bonchev–Trinajstić information content (AvgIpc) is 3.10. The molecule has 9 heteroatoms. The summed E-state index contributed by atoms with van der Waals surface area (Å²) >= 11 is 5.63. The van der Waals surface area contributed by atoms with E-state index in [1.165, 1.54) is 30.5 Å². The number of rotatable bonds is 4. The molecule has 0 fully saturated rings. The summed E-state index contributed by atoms with van der Waals surface area (Å²) in [5, 5.41) is 8.67. The number of anilines is 1. The van der Waals surface area contributed by atoms with Gasteiger partial charge in [-0.25, -0.2) is 17.2 Å². The number of hydrogen-bond donors (Lipinski definition) is 2. The van der Waals surface area contributed by atoms with E-state index in [0.29, 0.717) is 11.3 Å². The number of aromatic nitrogens is 1. The Morgan fingerprint density at radius 3 is 2.50 bits per heavy atom. The minimum Gasteiger partial charge on any atom is -0.360 e. The van der Waals surface area contributed by atoms with Crippen molar-refractivity contribution in [2.75, 3.05) is 4.72 Å². The van der Waals surface area contributed by atoms with Gasteiger partial charge in [-0.15, -0.1) is 0 Å². The van der Waals surface area contributed by atoms with Crippen molar-refractivity contribution in [2.45, 2.75) is 4.90 Å². The lowest BCUT2D eigenvalue weighted by Crippen LogP contribution is -2.13. The van der Waals surface area contributed by atoms with Crippen LogP contribution in [0.1, 0.15) is 5.56 Å². The Kier molecular flexibility index (Phi) is 4.68. The van der Waals surface area contributed by atoms with Gasteiger partial charge in [0.2, 0.25) is 0 Å². The summed E-state index contributed by atoms with van der Waals surface area (Å²) in [7, 11) is -4.08. The van der Waals surface area contributed by atoms with Crippen LogP contribution in [0.4, 0.5) is 14.5 Å². The largest absolute Gasteiger partial charge is 0.360 e. The minimum absolute atomic E-state index is 0.0499. The van der Waals surface area contributed by atoms with Crippen molar-refractivity contribution in [3.8, 4) is 17.3 Å². The number of halogens is 3. The summed E-state index contributed by atoms with van der Waals surface area (Å²) in [4.78, 5) is 2.57. The van der Waals surface area contributed by atoms with Crippen molar-refractivity contribution in [1.29, 1.82) is 5.26 Å². The fourth-order valence-corrected chi connectivity index (χ4v) is 3.41. The first kappa shape index (κ1) is 17.9. The van der Waals surface area contributed by atoms with E-state index in [0.717, 1.165) is 18.2 Å². The number of H-pyrrole nitrogens is 1. The summed E-state index contributed by atoms with van der Waals surface area (Å²) < 4.78 is 54.4. The fraction of sp³-hybridized carbons (Fsp3) is 0. The first-order valence-corrected chi connectivity index (χ1v) is 9.02. The van der Waals surface area contributed by atoms with Crippen LogP contribution in [0.5, 0.6) is 0 Å². The second-order valence-electron chi connectivity index (χ2n) is 5.29. The van der Waals surface area contributed by atoms with Gasteiger partial charge < -0.3 is 4.98 Å². The molecule has 0 atom stereocenters. The lowest BCUT2D eigenvalue weighted by molar-refractivity contribution is 0.598. The molecule has 3 rings (SSSR count). The summed E-state index contributed by atoms with van der Waals surface area (Å²) in [5.41, 5.74) is 0.530. The molecule has 132 valence electrons. The van der Waals surface area contributed by atoms with Crippen LogP contribution in [0.25, 0.3) is 11.3 Å². The van der Waals surface area contributed by atoms with E-state index < -0.39 is 21.7 Å². The first-order chi connectivity index (χ1) is 12.3. The number of sulfonamides is 1. The summed E-state index contributed by atoms with van der Waals surface area (Å²) in [6.45, 7) is 0. The molecule has 0 spiro atoms. The molecular weight excluding hydrogens is 384 g/mol. The molecule has 0 aliphatic rings. The maximum atomic E-state index is 13.9. The Bertz CT molecular complexity index is 1140. The minimum atomic E-state index is -4.08. The predicted octanol–water partition coefficient (Wildman–Crippen LogP) is 4.29. The van der Waals surface area contributed by atoms with Gasteiger partial charge in [0.1, 0.15) is 16.5 Å². The highest BCUT2D eigenvalue weighted by molar-refractivity contribution is 7.92. The Morgan fingerprint density at radius 2 is 1.85 bits per heavy atom. The lowest BCUT2D eigenvalue weighted by atomic mass is 10.1. The van der Waals surface area contributed by atoms with Crippen molar-refractivity contribution in [1.82, 2.24) is 4.98 Å². The molecule has 2 N–H and O–H groups in total. The van der Waals surface area contributed by atoms with Gasteiger partial charge in [0.15, 0.2) is 0 Å². The number of aromatic amines is 1. The van der Waals surface area contributed by atoms with Gasteiger partial charge in [-0.05, 0) is 36.4 Å². The predicted molar refractivity (Wildman–Crippen MR) is 93.1 cm³/mol. The highest BCUT2D eigenvalue weighted by atomic mass is 35.5. The van der Waals surface area contributed by atoms with Gasteiger partial charge >= 0.3 is 0 Å². The highest BCUT2D eigenvalue weighted by Crippen LogP contribution is 2.27. The molecular formula is C17H10ClF2N3O2S. The monoisotopic (exact) mass is 393 g/mol. The third-order valence-corrected chi connectivity index (χ3v) is 5.19. The van der Waals surface area contributed by atoms with E-state index in [4.69, 9.17) is 16.9 Å². The van der Waals surface area contributed by atoms with Gasteiger partial charge in [0.25, 0.3) is 10.0 Å². The molecule has 5 nitrogen and oxygen atoms in total. The van der Waals surface area contributed by atoms with Crippen LogP contribution in [0, 0.1) is 23.0 Å². The third-order valence-electron chi connectivity index (χ3n) is 3.54. The van der Waals surface area contributed by atoms with Gasteiger partial charge in [0.05, 0.1) is 22.3 Å². The third kappa shape index (κ3) is 3.54. The molecule has 0 radical (unpaired) electrons. The maximum Gasteiger partial charge on any atom is 0.263 e. The molecule has 0 bridgehead atoms. The maximum absolute atomic E-state index is 13.9. The van der Waals surface area contributed by atoms with Crippen LogP contribution in [0.15, 0.2) is 53.6 Å². The average molecular weight is 394 g/mol. The van der Waals surface area contributed by atoms with Crippen LogP contribution < -0.4 is 4.72 Å². The Hall–Kier alpha value is -2.89. The fourth-order valence-electron chi connectivity index (χ4n) is 2.23. The number of nitriles is 1. The summed E-state index contributed by atoms with van der Waals surface area (Å²) in [6.07, 6.45) is 1.20. The molecule has 0 amide bonds. The topological polar surface area (TPSA) is 85.8 Å². The number of nitrogens with zero attached hydrogens (tertiary/aromatic N) is 1. The van der Waals surface area contributed by atoms with E-state index in [1.54, 1.807) is 6.07 Å². The molecule has 0 aliphatic carbocycles. The van der Waals surface area contributed by atoms with Gasteiger partial charge in [-0.1, -0.05) is 17.7 Å². The second-order valence-corrected chi connectivity index (χ2v) is 7.38. The zero-order valence-electron chi connectivity index (χ0n) is 12.9. The number of hydrogen-bond acceptors (Lipinski definition) is 3. The zero-order chi connectivity index (χ0) is 18.9. The van der Waals surface area contributed by atoms with E-state index in [9.17, 15) is 17.2 Å². The second kappa shape index (κ2) is 6.78. The van der Waals surface area contributed by atoms with Gasteiger partial charge in [0, 0.05) is 17.5 Å². The van der Waals surface area contributed by atoms with Crippen molar-refractivity contribution < 1.29 is 17.2 Å². The lowest BCUT2D eigenvalue weighted by Gasteiger charge is -2.07. The number of nitrogens with one attached hydrogen (secondary N) is 2. The Balaban J connectivity index is 1.90. The SMILES string of the molecule is N#Cc1ccc(NS(=O)(=O)c2c[nH]c(-c3ccc(Cl)c(F)c3)c2)c(F)c1. The van der Waals surface area contributed by atoms with Gasteiger partial charge in [-0.3, -0.25) is 4.72 Å². The Morgan fingerprint density at radius 1 is 1.08 bits per heavy atom. The molecule has 3 aromatic rings. The quantitative estimate of drug-likeness (QED) is 0.693. The molecule has 0 aliphatic heterocycles. The summed E-state index contributed by atoms with van der Waals surface area (Å²) in [5.74, 6) is -1.51. The van der Waals surface area contributed by atoms with Crippen LogP contribution in [-0.4, -0.2) is 13.4 Å². The van der Waals surface area contributed by atoms with Gasteiger partial charge in [-0.2, -0.15) is 5.26 Å². The van der Waals surface area contributed by atoms with E-state index in [1.807, 2.05) is 0 Å². The van der Waals surface area contributed by atoms with Crippen LogP contribution in [-0.2, 0) is 10.0 Å². The van der Waals surface area contributed by atoms with Crippen molar-refractivity contribution in [3.05, 3.63) is 70.9 Å². The first-order valence-electron chi connectivity index (χ1n) is 7.16. The van der Waals surface area contributed by atoms with Crippen molar-refractivity contribution in [3.63, 3.8) is 0 Å². The molecule has 1 aromatic heterocycles. The standard InChI is InChI=1S/C17H10ClF2N3O2S/c18-13-3-2-11(6-14(13)19)17-7-12(9-22-17)26(24,25)23-16-4-1-10(8-21)5-15(16)20/h1-7,9,22-23H. The van der Waals surface area contributed by atoms with E-state index >= 15 is 0 Å². The van der Waals surface area contributed by atoms with Crippen LogP contribution >= 0.6 is 11.6 Å². The smallest absolute Gasteiger partial charge is 0.263 e. The Labute approximate surface area is 152 Å². The number of benzene rings is 2. The van der Waals surface area contributed by atoms with Crippen LogP contribution in [0.3, 0.4) is 0 Å². The molecule has 26 heavy (non-hydrogen) atoms. The summed E-state index contributed by atoms with van der Waals surface area (Å²) in [6, 6.07) is 10.5. The molecule has 2 aromatic carbocycles. The zero-order valence-corrected chi connectivity index (χ0v) is 14.5. The van der Waals surface area contributed by atoms with Crippen LogP contribution in [0.2, 0.25) is 5.02 Å².